The van der Waals surface area contributed by atoms with Crippen LogP contribution in [0.3, 0.4) is 0 Å². The molecule has 33 heavy (non-hydrogen) atoms. The van der Waals surface area contributed by atoms with E-state index in [2.05, 4.69) is 31.2 Å². The number of aliphatic hydroxyl groups is 1. The van der Waals surface area contributed by atoms with Gasteiger partial charge in [0.25, 0.3) is 0 Å². The van der Waals surface area contributed by atoms with Gasteiger partial charge in [-0.25, -0.2) is 9.78 Å². The van der Waals surface area contributed by atoms with Crippen LogP contribution in [0.2, 0.25) is 0 Å². The summed E-state index contributed by atoms with van der Waals surface area (Å²) in [6.07, 6.45) is 3.34. The fraction of sp³-hybridized carbons (Fsp3) is 0.667. The first-order valence-electron chi connectivity index (χ1n) is 11.1. The third-order valence-electron chi connectivity index (χ3n) is 5.37. The van der Waals surface area contributed by atoms with Gasteiger partial charge < -0.3 is 36.5 Å². The Kier molecular flexibility index (Phi) is 9.79. The van der Waals surface area contributed by atoms with Gasteiger partial charge in [0.1, 0.15) is 18.1 Å². The predicted octanol–water partition coefficient (Wildman–Crippen LogP) is -1.33. The Labute approximate surface area is 192 Å². The molecule has 1 aromatic rings. The van der Waals surface area contributed by atoms with Crippen LogP contribution in [0, 0.1) is 5.92 Å². The summed E-state index contributed by atoms with van der Waals surface area (Å²) >= 11 is 0. The van der Waals surface area contributed by atoms with Gasteiger partial charge in [-0.15, -0.1) is 0 Å². The number of amides is 3. The third-order valence-corrected chi connectivity index (χ3v) is 5.37. The van der Waals surface area contributed by atoms with Crippen LogP contribution < -0.4 is 21.3 Å². The summed E-state index contributed by atoms with van der Waals surface area (Å²) in [6, 6.07) is -3.98. The SMILES string of the molecule is CC(C)CC(NC(=O)C1CCCN1)C(=O)NC(C(=O)NC(Cc1cnc[nH]1)C(=O)O)C(C)O. The Balaban J connectivity index is 2.06. The molecule has 0 radical (unpaired) electrons. The van der Waals surface area contributed by atoms with Crippen molar-refractivity contribution in [3.05, 3.63) is 18.2 Å². The van der Waals surface area contributed by atoms with Crippen molar-refractivity contribution in [2.24, 2.45) is 5.92 Å². The fourth-order valence-corrected chi connectivity index (χ4v) is 3.62. The Morgan fingerprint density at radius 2 is 1.85 bits per heavy atom. The lowest BCUT2D eigenvalue weighted by atomic mass is 10.0. The summed E-state index contributed by atoms with van der Waals surface area (Å²) < 4.78 is 0. The van der Waals surface area contributed by atoms with Crippen molar-refractivity contribution in [1.29, 1.82) is 0 Å². The van der Waals surface area contributed by atoms with Crippen molar-refractivity contribution in [3.63, 3.8) is 0 Å². The van der Waals surface area contributed by atoms with Crippen molar-refractivity contribution >= 4 is 23.7 Å². The molecule has 5 unspecified atom stereocenters. The second-order valence-electron chi connectivity index (χ2n) is 8.75. The predicted molar refractivity (Wildman–Crippen MR) is 118 cm³/mol. The summed E-state index contributed by atoms with van der Waals surface area (Å²) in [6.45, 7) is 5.83. The van der Waals surface area contributed by atoms with Crippen LogP contribution in [0.1, 0.15) is 45.7 Å². The van der Waals surface area contributed by atoms with E-state index in [9.17, 15) is 29.4 Å². The molecule has 1 fully saturated rings. The van der Waals surface area contributed by atoms with Crippen LogP contribution in [0.25, 0.3) is 0 Å². The van der Waals surface area contributed by atoms with Gasteiger partial charge in [-0.05, 0) is 38.6 Å². The molecule has 12 nitrogen and oxygen atoms in total. The molecule has 1 aromatic heterocycles. The van der Waals surface area contributed by atoms with Crippen molar-refractivity contribution in [3.8, 4) is 0 Å². The van der Waals surface area contributed by atoms with Gasteiger partial charge in [0.05, 0.1) is 18.5 Å². The maximum absolute atomic E-state index is 13.0. The molecule has 1 aliphatic rings. The van der Waals surface area contributed by atoms with Crippen molar-refractivity contribution in [2.45, 2.75) is 76.7 Å². The molecule has 0 saturated carbocycles. The standard InChI is InChI=1S/C21H34N6O6/c1-11(2)7-15(25-18(29)14-5-4-6-23-14)19(30)27-17(12(3)28)20(31)26-16(21(32)33)8-13-9-22-10-24-13/h9-12,14-17,23,28H,4-8H2,1-3H3,(H,22,24)(H,25,29)(H,26,31)(H,27,30)(H,32,33). The molecule has 7 N–H and O–H groups in total. The van der Waals surface area contributed by atoms with E-state index in [1.165, 1.54) is 19.4 Å². The normalized spacial score (nSPS) is 19.4. The van der Waals surface area contributed by atoms with Gasteiger partial charge in [0.15, 0.2) is 0 Å². The molecule has 1 saturated heterocycles. The monoisotopic (exact) mass is 466 g/mol. The van der Waals surface area contributed by atoms with Crippen LogP contribution in [-0.2, 0) is 25.6 Å². The second-order valence-corrected chi connectivity index (χ2v) is 8.75. The zero-order chi connectivity index (χ0) is 24.5. The number of imidazole rings is 1. The van der Waals surface area contributed by atoms with Crippen LogP contribution in [-0.4, -0.2) is 80.7 Å². The first-order chi connectivity index (χ1) is 15.6. The molecule has 0 aromatic carbocycles. The van der Waals surface area contributed by atoms with Crippen LogP contribution in [0.4, 0.5) is 0 Å². The van der Waals surface area contributed by atoms with Gasteiger partial charge in [-0.2, -0.15) is 0 Å². The van der Waals surface area contributed by atoms with E-state index >= 15 is 0 Å². The molecule has 184 valence electrons. The zero-order valence-electron chi connectivity index (χ0n) is 19.1. The number of nitrogens with zero attached hydrogens (tertiary/aromatic N) is 1. The Bertz CT molecular complexity index is 806. The number of carbonyl (C=O) groups excluding carboxylic acids is 3. The van der Waals surface area contributed by atoms with E-state index in [4.69, 9.17) is 0 Å². The van der Waals surface area contributed by atoms with Crippen LogP contribution in [0.15, 0.2) is 12.5 Å². The van der Waals surface area contributed by atoms with E-state index in [0.717, 1.165) is 13.0 Å². The van der Waals surface area contributed by atoms with Crippen molar-refractivity contribution in [2.75, 3.05) is 6.54 Å². The molecule has 2 heterocycles. The first-order valence-corrected chi connectivity index (χ1v) is 11.1. The Morgan fingerprint density at radius 3 is 2.36 bits per heavy atom. The van der Waals surface area contributed by atoms with E-state index in [0.29, 0.717) is 18.5 Å². The Hall–Kier alpha value is -2.99. The molecular formula is C21H34N6O6. The minimum absolute atomic E-state index is 0.0536. The lowest BCUT2D eigenvalue weighted by molar-refractivity contribution is -0.143. The van der Waals surface area contributed by atoms with Crippen LogP contribution in [0.5, 0.6) is 0 Å². The summed E-state index contributed by atoms with van der Waals surface area (Å²) in [5.74, 6) is -2.98. The number of aromatic nitrogens is 2. The number of hydrogen-bond acceptors (Lipinski definition) is 7. The van der Waals surface area contributed by atoms with Gasteiger partial charge in [0, 0.05) is 18.3 Å². The molecule has 3 amide bonds. The maximum Gasteiger partial charge on any atom is 0.326 e. The van der Waals surface area contributed by atoms with E-state index in [1.54, 1.807) is 0 Å². The highest BCUT2D eigenvalue weighted by Crippen LogP contribution is 2.10. The Morgan fingerprint density at radius 1 is 1.12 bits per heavy atom. The number of hydrogen-bond donors (Lipinski definition) is 7. The molecule has 0 bridgehead atoms. The second kappa shape index (κ2) is 12.3. The molecule has 1 aliphatic heterocycles. The summed E-state index contributed by atoms with van der Waals surface area (Å²) in [5, 5.41) is 30.2. The number of carboxylic acid groups (broad SMARTS) is 1. The van der Waals surface area contributed by atoms with Crippen molar-refractivity contribution < 1.29 is 29.4 Å². The van der Waals surface area contributed by atoms with Crippen molar-refractivity contribution in [1.82, 2.24) is 31.2 Å². The summed E-state index contributed by atoms with van der Waals surface area (Å²) in [5.41, 5.74) is 0.501. The van der Waals surface area contributed by atoms with E-state index < -0.39 is 42.0 Å². The highest BCUT2D eigenvalue weighted by atomic mass is 16.4. The smallest absolute Gasteiger partial charge is 0.326 e. The van der Waals surface area contributed by atoms with E-state index in [-0.39, 0.29) is 24.3 Å². The molecule has 0 aliphatic carbocycles. The average Bonchev–Trinajstić information content (AvgIpc) is 3.44. The van der Waals surface area contributed by atoms with Gasteiger partial charge >= 0.3 is 5.97 Å². The highest BCUT2D eigenvalue weighted by molar-refractivity contribution is 5.94. The molecule has 12 heteroatoms. The lowest BCUT2D eigenvalue weighted by Gasteiger charge is -2.27. The van der Waals surface area contributed by atoms with Crippen LogP contribution >= 0.6 is 0 Å². The van der Waals surface area contributed by atoms with Gasteiger partial charge in [-0.1, -0.05) is 13.8 Å². The topological polar surface area (TPSA) is 186 Å². The number of rotatable bonds is 12. The average molecular weight is 467 g/mol. The number of H-pyrrole nitrogens is 1. The van der Waals surface area contributed by atoms with Gasteiger partial charge in [-0.3, -0.25) is 14.4 Å². The van der Waals surface area contributed by atoms with E-state index in [1.807, 2.05) is 13.8 Å². The highest BCUT2D eigenvalue weighted by Gasteiger charge is 2.33. The molecule has 0 spiro atoms. The number of carboxylic acids is 1. The number of nitrogens with one attached hydrogen (secondary N) is 5. The molecule has 5 atom stereocenters. The number of carbonyl (C=O) groups is 4. The molecular weight excluding hydrogens is 432 g/mol. The number of aliphatic hydroxyl groups excluding tert-OH is 1. The third kappa shape index (κ3) is 8.13. The minimum Gasteiger partial charge on any atom is -0.480 e. The summed E-state index contributed by atoms with van der Waals surface area (Å²) in [7, 11) is 0. The minimum atomic E-state index is -1.41. The lowest BCUT2D eigenvalue weighted by Crippen LogP contribution is -2.60. The zero-order valence-corrected chi connectivity index (χ0v) is 19.1. The maximum atomic E-state index is 13.0. The first kappa shape index (κ1) is 26.3. The fourth-order valence-electron chi connectivity index (χ4n) is 3.62. The quantitative estimate of drug-likeness (QED) is 0.197. The van der Waals surface area contributed by atoms with Gasteiger partial charge in [0.2, 0.25) is 17.7 Å². The summed E-state index contributed by atoms with van der Waals surface area (Å²) in [4.78, 5) is 56.4. The number of aliphatic carboxylic acids is 1. The largest absolute Gasteiger partial charge is 0.480 e. The molecule has 2 rings (SSSR count). The number of aromatic amines is 1.